The van der Waals surface area contributed by atoms with Crippen LogP contribution in [0.1, 0.15) is 0 Å². The molecule has 0 fully saturated rings. The zero-order valence-corrected chi connectivity index (χ0v) is 8.22. The summed E-state index contributed by atoms with van der Waals surface area (Å²) in [6.45, 7) is 0. The minimum absolute atomic E-state index is 0. The van der Waals surface area contributed by atoms with E-state index >= 15 is 0 Å². The van der Waals surface area contributed by atoms with Gasteiger partial charge in [0.25, 0.3) is 0 Å². The van der Waals surface area contributed by atoms with Gasteiger partial charge in [0, 0.05) is 0 Å². The molecule has 0 aliphatic heterocycles. The maximum absolute atomic E-state index is 9.77. The Balaban J connectivity index is -0.000000249. The minimum atomic E-state index is -2.27. The molecule has 0 aliphatic carbocycles. The van der Waals surface area contributed by atoms with Crippen LogP contribution < -0.4 is 0 Å². The van der Waals surface area contributed by atoms with Crippen LogP contribution in [0.5, 0.6) is 0 Å². The van der Waals surface area contributed by atoms with Crippen LogP contribution in [0.15, 0.2) is 0 Å². The van der Waals surface area contributed by atoms with Gasteiger partial charge in [-0.05, 0) is 0 Å². The smallest absolute Gasteiger partial charge is 0.479 e. The topological polar surface area (TPSA) is 181 Å². The fourth-order valence-corrected chi connectivity index (χ4v) is 0.270. The third kappa shape index (κ3) is 12.8. The molecule has 4 N–H and O–H groups in total. The van der Waals surface area contributed by atoms with Crippen molar-refractivity contribution in [3.05, 3.63) is 15.3 Å². The van der Waals surface area contributed by atoms with E-state index in [9.17, 15) is 9.59 Å². The first-order valence-corrected chi connectivity index (χ1v) is 2.83. The van der Waals surface area contributed by atoms with Gasteiger partial charge in [-0.25, -0.2) is 9.59 Å². The van der Waals surface area contributed by atoms with E-state index in [1.807, 2.05) is 0 Å². The van der Waals surface area contributed by atoms with E-state index < -0.39 is 29.2 Å². The second-order valence-electron chi connectivity index (χ2n) is 1.79. The Hall–Kier alpha value is -1.20. The van der Waals surface area contributed by atoms with Crippen molar-refractivity contribution in [2.24, 2.45) is 0 Å². The zero-order valence-electron chi connectivity index (χ0n) is 6.73. The summed E-state index contributed by atoms with van der Waals surface area (Å²) in [6.07, 6.45) is -4.53. The first-order chi connectivity index (χ1) is 6.20. The predicted octanol–water partition coefficient (Wildman–Crippen LogP) is -2.36. The Morgan fingerprint density at radius 2 is 1.13 bits per heavy atom. The molecule has 15 heavy (non-hydrogen) atoms. The van der Waals surface area contributed by atoms with Crippen LogP contribution >= 0.6 is 0 Å². The van der Waals surface area contributed by atoms with Gasteiger partial charge in [-0.3, -0.25) is 0 Å². The van der Waals surface area contributed by atoms with Crippen LogP contribution in [0.3, 0.4) is 0 Å². The molecule has 2 atom stereocenters. The summed E-state index contributed by atoms with van der Waals surface area (Å²) in [5.41, 5.74) is 0. The fourth-order valence-electron chi connectivity index (χ4n) is 0.270. The number of hydrogen-bond donors (Lipinski definition) is 4. The van der Waals surface area contributed by atoms with E-state index in [1.165, 1.54) is 0 Å². The fraction of sp³-hybridized carbons (Fsp3) is 0.500. The zero-order chi connectivity index (χ0) is 11.9. The maximum Gasteiger partial charge on any atom is 1.00 e. The average Bonchev–Trinajstić information content (AvgIpc) is 2.00. The van der Waals surface area contributed by atoms with Crippen LogP contribution in [-0.2, 0) is 32.0 Å². The number of aliphatic hydroxyl groups is 2. The van der Waals surface area contributed by atoms with Crippen LogP contribution in [0.4, 0.5) is 0 Å². The molecule has 92 valence electrons. The first-order valence-electron chi connectivity index (χ1n) is 2.83. The average molecular weight is 320 g/mol. The molecule has 0 aromatic carbocycles. The van der Waals surface area contributed by atoms with Crippen molar-refractivity contribution in [3.8, 4) is 0 Å². The summed E-state index contributed by atoms with van der Waals surface area (Å²) in [5.74, 6) is -3.54. The number of carboxylic acid groups (broad SMARTS) is 2. The third-order valence-corrected chi connectivity index (χ3v) is 0.805. The molecule has 0 aromatic rings. The molecule has 0 heterocycles. The summed E-state index contributed by atoms with van der Waals surface area (Å²) in [5, 5.41) is 47.3. The Kier molecular flexibility index (Phi) is 12.1. The second-order valence-corrected chi connectivity index (χ2v) is 1.79. The Bertz CT molecular complexity index is 208. The van der Waals surface area contributed by atoms with Crippen molar-refractivity contribution in [2.45, 2.75) is 12.2 Å². The minimum Gasteiger partial charge on any atom is -0.479 e. The molecule has 2 unspecified atom stereocenters. The van der Waals surface area contributed by atoms with Crippen molar-refractivity contribution in [3.63, 3.8) is 0 Å². The molecule has 0 spiro atoms. The van der Waals surface area contributed by atoms with E-state index in [2.05, 4.69) is 0 Å². The van der Waals surface area contributed by atoms with Gasteiger partial charge in [-0.1, -0.05) is 0 Å². The number of carboxylic acids is 2. The van der Waals surface area contributed by atoms with Crippen LogP contribution in [0.25, 0.3) is 0 Å². The quantitative estimate of drug-likeness (QED) is 0.251. The largest absolute Gasteiger partial charge is 1.00 e. The Morgan fingerprint density at radius 3 is 1.20 bits per heavy atom. The first kappa shape index (κ1) is 19.4. The summed E-state index contributed by atoms with van der Waals surface area (Å²) in [7, 11) is 0. The molecular formula is C4H6AgNO9. The molecule has 0 rings (SSSR count). The molecule has 11 heteroatoms. The molecule has 0 amide bonds. The van der Waals surface area contributed by atoms with Gasteiger partial charge in [0.15, 0.2) is 12.2 Å². The summed E-state index contributed by atoms with van der Waals surface area (Å²) < 4.78 is 0. The molecular weight excluding hydrogens is 314 g/mol. The van der Waals surface area contributed by atoms with Crippen molar-refractivity contribution in [2.75, 3.05) is 0 Å². The summed E-state index contributed by atoms with van der Waals surface area (Å²) in [6, 6.07) is 0. The number of rotatable bonds is 3. The Labute approximate surface area is 97.4 Å². The van der Waals surface area contributed by atoms with E-state index in [-0.39, 0.29) is 22.4 Å². The second kappa shape index (κ2) is 9.36. The number of aliphatic carboxylic acids is 2. The van der Waals surface area contributed by atoms with E-state index in [4.69, 9.17) is 35.7 Å². The van der Waals surface area contributed by atoms with Crippen molar-refractivity contribution >= 4 is 11.9 Å². The Morgan fingerprint density at radius 1 is 1.00 bits per heavy atom. The van der Waals surface area contributed by atoms with E-state index in [1.54, 1.807) is 0 Å². The van der Waals surface area contributed by atoms with E-state index in [0.717, 1.165) is 0 Å². The van der Waals surface area contributed by atoms with Gasteiger partial charge < -0.3 is 35.7 Å². The monoisotopic (exact) mass is 319 g/mol. The number of carbonyl (C=O) groups is 2. The molecule has 0 aromatic heterocycles. The molecule has 0 saturated heterocycles. The molecule has 0 saturated carbocycles. The van der Waals surface area contributed by atoms with Gasteiger partial charge in [-0.15, -0.1) is 0 Å². The summed E-state index contributed by atoms with van der Waals surface area (Å²) in [4.78, 5) is 27.8. The maximum atomic E-state index is 9.77. The van der Waals surface area contributed by atoms with Crippen LogP contribution in [-0.4, -0.2) is 49.7 Å². The number of aliphatic hydroxyl groups excluding tert-OH is 2. The van der Waals surface area contributed by atoms with Gasteiger partial charge in [0.2, 0.25) is 0 Å². The molecule has 0 bridgehead atoms. The molecule has 0 aliphatic rings. The SMILES string of the molecule is O=C(O)C(O)C(O)C(=O)O.O=[N+]([O-])[O-].[Ag+]. The van der Waals surface area contributed by atoms with Crippen molar-refractivity contribution in [1.29, 1.82) is 0 Å². The normalized spacial score (nSPS) is 12.1. The van der Waals surface area contributed by atoms with Crippen molar-refractivity contribution < 1.29 is 57.5 Å². The van der Waals surface area contributed by atoms with Gasteiger partial charge in [0.1, 0.15) is 0 Å². The number of nitrogens with zero attached hydrogens (tertiary/aromatic N) is 1. The standard InChI is InChI=1S/C4H6O6.Ag.NO3/c5-1(3(7)8)2(6)4(9)10;;2-1(3)4/h1-2,5-6H,(H,7,8)(H,9,10);;/q;+1;-1. The van der Waals surface area contributed by atoms with Gasteiger partial charge in [-0.2, -0.15) is 0 Å². The number of hydrogen-bond acceptors (Lipinski definition) is 7. The van der Waals surface area contributed by atoms with E-state index in [0.29, 0.717) is 0 Å². The molecule has 0 radical (unpaired) electrons. The van der Waals surface area contributed by atoms with Gasteiger partial charge >= 0.3 is 34.3 Å². The third-order valence-electron chi connectivity index (χ3n) is 0.805. The van der Waals surface area contributed by atoms with Crippen LogP contribution in [0.2, 0.25) is 0 Å². The predicted molar refractivity (Wildman–Crippen MR) is 37.6 cm³/mol. The van der Waals surface area contributed by atoms with Crippen molar-refractivity contribution in [1.82, 2.24) is 0 Å². The molecule has 10 nitrogen and oxygen atoms in total. The van der Waals surface area contributed by atoms with Crippen LogP contribution in [0, 0.1) is 15.3 Å². The summed E-state index contributed by atoms with van der Waals surface area (Å²) >= 11 is 0. The van der Waals surface area contributed by atoms with Gasteiger partial charge in [0.05, 0.1) is 5.09 Å².